The molecule has 0 unspecified atom stereocenters. The van der Waals surface area contributed by atoms with Crippen LogP contribution in [0.2, 0.25) is 15.1 Å². The van der Waals surface area contributed by atoms with Gasteiger partial charge in [0.15, 0.2) is 0 Å². The first-order valence-corrected chi connectivity index (χ1v) is 8.91. The van der Waals surface area contributed by atoms with Crippen LogP contribution in [-0.2, 0) is 10.5 Å². The molecule has 0 bridgehead atoms. The Hall–Kier alpha value is -0.870. The van der Waals surface area contributed by atoms with E-state index in [9.17, 15) is 4.79 Å². The van der Waals surface area contributed by atoms with Crippen molar-refractivity contribution in [1.29, 1.82) is 0 Å². The predicted molar refractivity (Wildman–Crippen MR) is 97.3 cm³/mol. The standard InChI is InChI=1S/C16H14Cl3NOS/c17-12-6-5-11(9-14(12)19)10-22-8-7-16(21)20-15-4-2-1-3-13(15)18/h1-6,9H,7-8,10H2,(H,20,21). The lowest BCUT2D eigenvalue weighted by Crippen LogP contribution is -2.12. The van der Waals surface area contributed by atoms with Gasteiger partial charge in [-0.25, -0.2) is 0 Å². The molecule has 0 aliphatic heterocycles. The molecule has 0 radical (unpaired) electrons. The fourth-order valence-corrected chi connectivity index (χ4v) is 3.15. The molecule has 6 heteroatoms. The molecule has 0 aromatic heterocycles. The molecule has 1 amide bonds. The van der Waals surface area contributed by atoms with E-state index in [1.165, 1.54) is 0 Å². The van der Waals surface area contributed by atoms with Crippen molar-refractivity contribution in [1.82, 2.24) is 0 Å². The van der Waals surface area contributed by atoms with Gasteiger partial charge in [0, 0.05) is 17.9 Å². The highest BCUT2D eigenvalue weighted by atomic mass is 35.5. The number of hydrogen-bond donors (Lipinski definition) is 1. The molecule has 0 atom stereocenters. The van der Waals surface area contributed by atoms with E-state index in [1.807, 2.05) is 24.3 Å². The van der Waals surface area contributed by atoms with Gasteiger partial charge in [0.25, 0.3) is 0 Å². The van der Waals surface area contributed by atoms with Gasteiger partial charge in [-0.1, -0.05) is 53.0 Å². The van der Waals surface area contributed by atoms with Crippen molar-refractivity contribution < 1.29 is 4.79 Å². The molecule has 0 saturated carbocycles. The number of thioether (sulfide) groups is 1. The van der Waals surface area contributed by atoms with Gasteiger partial charge >= 0.3 is 0 Å². The largest absolute Gasteiger partial charge is 0.325 e. The molecule has 1 N–H and O–H groups in total. The van der Waals surface area contributed by atoms with E-state index in [-0.39, 0.29) is 5.91 Å². The lowest BCUT2D eigenvalue weighted by Gasteiger charge is -2.07. The molecule has 0 heterocycles. The second-order valence-corrected chi connectivity index (χ2v) is 6.91. The summed E-state index contributed by atoms with van der Waals surface area (Å²) in [5.74, 6) is 1.46. The Morgan fingerprint density at radius 3 is 2.50 bits per heavy atom. The summed E-state index contributed by atoms with van der Waals surface area (Å²) in [6.07, 6.45) is 0.428. The van der Waals surface area contributed by atoms with Crippen molar-refractivity contribution in [3.8, 4) is 0 Å². The molecule has 22 heavy (non-hydrogen) atoms. The van der Waals surface area contributed by atoms with Crippen LogP contribution in [0.25, 0.3) is 0 Å². The van der Waals surface area contributed by atoms with Gasteiger partial charge in [-0.05, 0) is 29.8 Å². The number of halogens is 3. The monoisotopic (exact) mass is 373 g/mol. The first-order valence-electron chi connectivity index (χ1n) is 6.62. The number of para-hydroxylation sites is 1. The van der Waals surface area contributed by atoms with Crippen LogP contribution in [0.5, 0.6) is 0 Å². The van der Waals surface area contributed by atoms with Gasteiger partial charge in [0.1, 0.15) is 0 Å². The van der Waals surface area contributed by atoms with Crippen LogP contribution in [0.4, 0.5) is 5.69 Å². The van der Waals surface area contributed by atoms with Gasteiger partial charge in [0.2, 0.25) is 5.91 Å². The summed E-state index contributed by atoms with van der Waals surface area (Å²) < 4.78 is 0. The number of hydrogen-bond acceptors (Lipinski definition) is 2. The third-order valence-corrected chi connectivity index (χ3v) is 4.97. The number of carbonyl (C=O) groups excluding carboxylic acids is 1. The van der Waals surface area contributed by atoms with Crippen molar-refractivity contribution in [3.05, 3.63) is 63.1 Å². The fourth-order valence-electron chi connectivity index (χ4n) is 1.76. The van der Waals surface area contributed by atoms with Gasteiger partial charge in [-0.2, -0.15) is 11.8 Å². The minimum absolute atomic E-state index is 0.0465. The Balaban J connectivity index is 1.73. The van der Waals surface area contributed by atoms with Crippen LogP contribution in [0.1, 0.15) is 12.0 Å². The summed E-state index contributed by atoms with van der Waals surface area (Å²) >= 11 is 19.5. The topological polar surface area (TPSA) is 29.1 Å². The van der Waals surface area contributed by atoms with Crippen LogP contribution < -0.4 is 5.32 Å². The highest BCUT2D eigenvalue weighted by Crippen LogP contribution is 2.25. The number of amides is 1. The Kier molecular flexibility index (Phi) is 6.90. The Labute approximate surface area is 149 Å². The zero-order chi connectivity index (χ0) is 15.9. The molecule has 2 nitrogen and oxygen atoms in total. The maximum Gasteiger partial charge on any atom is 0.225 e. The van der Waals surface area contributed by atoms with E-state index in [0.717, 1.165) is 17.1 Å². The van der Waals surface area contributed by atoms with Crippen molar-refractivity contribution >= 4 is 58.2 Å². The lowest BCUT2D eigenvalue weighted by molar-refractivity contribution is -0.115. The van der Waals surface area contributed by atoms with Gasteiger partial charge in [-0.3, -0.25) is 4.79 Å². The average molecular weight is 375 g/mol. The summed E-state index contributed by atoms with van der Waals surface area (Å²) in [5.41, 5.74) is 1.73. The Morgan fingerprint density at radius 1 is 1.00 bits per heavy atom. The van der Waals surface area contributed by atoms with E-state index in [4.69, 9.17) is 34.8 Å². The first-order chi connectivity index (χ1) is 10.6. The van der Waals surface area contributed by atoms with Gasteiger partial charge < -0.3 is 5.32 Å². The lowest BCUT2D eigenvalue weighted by atomic mass is 10.2. The molecule has 0 aliphatic rings. The molecule has 0 saturated heterocycles. The molecule has 0 spiro atoms. The van der Waals surface area contributed by atoms with E-state index in [0.29, 0.717) is 27.2 Å². The van der Waals surface area contributed by atoms with Crippen molar-refractivity contribution in [2.45, 2.75) is 12.2 Å². The van der Waals surface area contributed by atoms with Crippen LogP contribution in [0.3, 0.4) is 0 Å². The van der Waals surface area contributed by atoms with Gasteiger partial charge in [0.05, 0.1) is 20.8 Å². The highest BCUT2D eigenvalue weighted by molar-refractivity contribution is 7.98. The SMILES string of the molecule is O=C(CCSCc1ccc(Cl)c(Cl)c1)Nc1ccccc1Cl. The summed E-state index contributed by atoms with van der Waals surface area (Å²) in [7, 11) is 0. The number of carbonyl (C=O) groups is 1. The molecule has 2 rings (SSSR count). The van der Waals surface area contributed by atoms with Crippen LogP contribution in [0.15, 0.2) is 42.5 Å². The summed E-state index contributed by atoms with van der Waals surface area (Å²) in [6.45, 7) is 0. The first kappa shape index (κ1) is 17.5. The third kappa shape index (κ3) is 5.40. The molecule has 2 aromatic rings. The fraction of sp³-hybridized carbons (Fsp3) is 0.188. The Morgan fingerprint density at radius 2 is 1.77 bits per heavy atom. The summed E-state index contributed by atoms with van der Waals surface area (Å²) in [5, 5.41) is 4.45. The normalized spacial score (nSPS) is 10.5. The quantitative estimate of drug-likeness (QED) is 0.637. The van der Waals surface area contributed by atoms with E-state index in [1.54, 1.807) is 30.0 Å². The Bertz CT molecular complexity index is 664. The minimum atomic E-state index is -0.0465. The summed E-state index contributed by atoms with van der Waals surface area (Å²) in [6, 6.07) is 12.8. The van der Waals surface area contributed by atoms with E-state index in [2.05, 4.69) is 5.32 Å². The van der Waals surface area contributed by atoms with Crippen molar-refractivity contribution in [2.24, 2.45) is 0 Å². The maximum absolute atomic E-state index is 11.9. The average Bonchev–Trinajstić information content (AvgIpc) is 2.49. The zero-order valence-electron chi connectivity index (χ0n) is 11.6. The smallest absolute Gasteiger partial charge is 0.225 e. The molecular weight excluding hydrogens is 361 g/mol. The van der Waals surface area contributed by atoms with Gasteiger partial charge in [-0.15, -0.1) is 0 Å². The predicted octanol–water partition coefficient (Wildman–Crippen LogP) is 5.91. The second kappa shape index (κ2) is 8.68. The zero-order valence-corrected chi connectivity index (χ0v) is 14.7. The molecule has 2 aromatic carbocycles. The number of rotatable bonds is 6. The second-order valence-electron chi connectivity index (χ2n) is 4.58. The van der Waals surface area contributed by atoms with Crippen molar-refractivity contribution in [2.75, 3.05) is 11.1 Å². The number of anilines is 1. The molecule has 0 fully saturated rings. The minimum Gasteiger partial charge on any atom is -0.325 e. The third-order valence-electron chi connectivity index (χ3n) is 2.87. The van der Waals surface area contributed by atoms with Crippen molar-refractivity contribution in [3.63, 3.8) is 0 Å². The van der Waals surface area contributed by atoms with E-state index < -0.39 is 0 Å². The van der Waals surface area contributed by atoms with Crippen LogP contribution in [0, 0.1) is 0 Å². The molecular formula is C16H14Cl3NOS. The molecule has 0 aliphatic carbocycles. The van der Waals surface area contributed by atoms with Crippen LogP contribution in [-0.4, -0.2) is 11.7 Å². The highest BCUT2D eigenvalue weighted by Gasteiger charge is 2.05. The number of benzene rings is 2. The number of nitrogens with one attached hydrogen (secondary N) is 1. The van der Waals surface area contributed by atoms with Crippen LogP contribution >= 0.6 is 46.6 Å². The summed E-state index contributed by atoms with van der Waals surface area (Å²) in [4.78, 5) is 11.9. The molecule has 116 valence electrons. The maximum atomic E-state index is 11.9. The van der Waals surface area contributed by atoms with E-state index >= 15 is 0 Å².